The molecule has 7 heteroatoms. The van der Waals surface area contributed by atoms with Crippen molar-refractivity contribution in [2.75, 3.05) is 27.2 Å². The highest BCUT2D eigenvalue weighted by Gasteiger charge is 2.28. The molecule has 1 aromatic heterocycles. The van der Waals surface area contributed by atoms with E-state index in [4.69, 9.17) is 0 Å². The van der Waals surface area contributed by atoms with Gasteiger partial charge < -0.3 is 14.4 Å². The third-order valence-electron chi connectivity index (χ3n) is 4.84. The molecule has 0 radical (unpaired) electrons. The van der Waals surface area contributed by atoms with Crippen molar-refractivity contribution in [3.63, 3.8) is 0 Å². The molecule has 140 valence electrons. The summed E-state index contributed by atoms with van der Waals surface area (Å²) >= 11 is 0. The van der Waals surface area contributed by atoms with E-state index in [0.29, 0.717) is 12.1 Å². The summed E-state index contributed by atoms with van der Waals surface area (Å²) in [5, 5.41) is 8.69. The van der Waals surface area contributed by atoms with Gasteiger partial charge in [-0.05, 0) is 44.6 Å². The van der Waals surface area contributed by atoms with Crippen LogP contribution < -0.4 is 0 Å². The van der Waals surface area contributed by atoms with E-state index < -0.39 is 0 Å². The van der Waals surface area contributed by atoms with Gasteiger partial charge in [0.1, 0.15) is 17.5 Å². The highest BCUT2D eigenvalue weighted by Crippen LogP contribution is 2.26. The molecule has 6 nitrogen and oxygen atoms in total. The summed E-state index contributed by atoms with van der Waals surface area (Å²) in [7, 11) is 5.99. The van der Waals surface area contributed by atoms with E-state index in [1.165, 1.54) is 12.1 Å². The Morgan fingerprint density at radius 3 is 2.88 bits per heavy atom. The summed E-state index contributed by atoms with van der Waals surface area (Å²) in [5.41, 5.74) is 0.712. The lowest BCUT2D eigenvalue weighted by molar-refractivity contribution is -0.131. The summed E-state index contributed by atoms with van der Waals surface area (Å²) in [6.07, 6.45) is 2.17. The van der Waals surface area contributed by atoms with Gasteiger partial charge >= 0.3 is 0 Å². The minimum atomic E-state index is -0.306. The number of rotatable bonds is 5. The largest absolute Gasteiger partial charge is 0.342 e. The van der Waals surface area contributed by atoms with E-state index in [-0.39, 0.29) is 24.1 Å². The Bertz CT molecular complexity index is 773. The summed E-state index contributed by atoms with van der Waals surface area (Å²) in [4.78, 5) is 16.6. The number of aromatic nitrogens is 3. The topological polar surface area (TPSA) is 54.3 Å². The van der Waals surface area contributed by atoms with Crippen LogP contribution in [0.15, 0.2) is 24.3 Å². The monoisotopic (exact) mass is 359 g/mol. The molecule has 0 aliphatic carbocycles. The average Bonchev–Trinajstić information content (AvgIpc) is 2.95. The smallest absolute Gasteiger partial charge is 0.227 e. The van der Waals surface area contributed by atoms with Crippen molar-refractivity contribution in [3.05, 3.63) is 47.3 Å². The first-order valence-corrected chi connectivity index (χ1v) is 8.99. The molecule has 0 spiro atoms. The second-order valence-electron chi connectivity index (χ2n) is 7.26. The number of amides is 1. The van der Waals surface area contributed by atoms with E-state index in [9.17, 15) is 9.18 Å². The zero-order valence-electron chi connectivity index (χ0n) is 15.7. The zero-order chi connectivity index (χ0) is 18.7. The van der Waals surface area contributed by atoms with Crippen molar-refractivity contribution >= 4 is 5.91 Å². The van der Waals surface area contributed by atoms with Crippen LogP contribution in [0, 0.1) is 5.82 Å². The van der Waals surface area contributed by atoms with Crippen molar-refractivity contribution < 1.29 is 9.18 Å². The van der Waals surface area contributed by atoms with Crippen LogP contribution in [-0.4, -0.2) is 57.7 Å². The van der Waals surface area contributed by atoms with Crippen LogP contribution in [0.25, 0.3) is 0 Å². The molecule has 1 aliphatic heterocycles. The van der Waals surface area contributed by atoms with Gasteiger partial charge in [0, 0.05) is 26.1 Å². The third kappa shape index (κ3) is 4.27. The van der Waals surface area contributed by atoms with E-state index in [0.717, 1.165) is 37.6 Å². The van der Waals surface area contributed by atoms with Gasteiger partial charge in [-0.2, -0.15) is 0 Å². The van der Waals surface area contributed by atoms with Gasteiger partial charge in [-0.1, -0.05) is 12.1 Å². The molecule has 1 amide bonds. The number of benzene rings is 1. The Balaban J connectivity index is 1.67. The molecular weight excluding hydrogens is 333 g/mol. The highest BCUT2D eigenvalue weighted by atomic mass is 19.1. The Hall–Kier alpha value is -2.28. The Morgan fingerprint density at radius 1 is 1.35 bits per heavy atom. The van der Waals surface area contributed by atoms with Crippen LogP contribution in [0.4, 0.5) is 4.39 Å². The van der Waals surface area contributed by atoms with Gasteiger partial charge in [-0.3, -0.25) is 4.79 Å². The molecule has 2 heterocycles. The maximum Gasteiger partial charge on any atom is 0.227 e. The molecular formula is C19H26FN5O. The number of carbonyl (C=O) groups is 1. The summed E-state index contributed by atoms with van der Waals surface area (Å²) in [6.45, 7) is 2.12. The van der Waals surface area contributed by atoms with Crippen molar-refractivity contribution in [2.45, 2.75) is 31.7 Å². The molecule has 0 saturated carbocycles. The molecule has 26 heavy (non-hydrogen) atoms. The first kappa shape index (κ1) is 18.5. The number of carbonyl (C=O) groups excluding carboxylic acids is 1. The van der Waals surface area contributed by atoms with Gasteiger partial charge in [-0.15, -0.1) is 10.2 Å². The minimum absolute atomic E-state index is 0.0379. The molecule has 1 saturated heterocycles. The SMILES string of the molecule is CN(C)Cc1nnc([C@H]2CCCN(C(=O)Cc3cccc(F)c3)C2)n1C. The fraction of sp³-hybridized carbons (Fsp3) is 0.526. The van der Waals surface area contributed by atoms with Crippen molar-refractivity contribution in [1.82, 2.24) is 24.6 Å². The first-order valence-electron chi connectivity index (χ1n) is 8.99. The maximum absolute atomic E-state index is 13.3. The number of nitrogens with zero attached hydrogens (tertiary/aromatic N) is 5. The van der Waals surface area contributed by atoms with Crippen LogP contribution >= 0.6 is 0 Å². The van der Waals surface area contributed by atoms with Crippen LogP contribution in [-0.2, 0) is 24.8 Å². The fourth-order valence-corrected chi connectivity index (χ4v) is 3.50. The number of piperidine rings is 1. The van der Waals surface area contributed by atoms with Gasteiger partial charge in [0.15, 0.2) is 0 Å². The van der Waals surface area contributed by atoms with Gasteiger partial charge in [0.25, 0.3) is 0 Å². The standard InChI is InChI=1S/C19H26FN5O/c1-23(2)13-17-21-22-19(24(17)3)15-7-5-9-25(12-15)18(26)11-14-6-4-8-16(20)10-14/h4,6,8,10,15H,5,7,9,11-13H2,1-3H3/t15-/m0/s1. The molecule has 0 bridgehead atoms. The lowest BCUT2D eigenvalue weighted by atomic mass is 9.96. The molecule has 1 atom stereocenters. The maximum atomic E-state index is 13.3. The highest BCUT2D eigenvalue weighted by molar-refractivity contribution is 5.79. The summed E-state index contributed by atoms with van der Waals surface area (Å²) in [5.74, 6) is 1.78. The number of hydrogen-bond acceptors (Lipinski definition) is 4. The Morgan fingerprint density at radius 2 is 2.15 bits per heavy atom. The molecule has 2 aromatic rings. The van der Waals surface area contributed by atoms with Crippen LogP contribution in [0.2, 0.25) is 0 Å². The predicted molar refractivity (Wildman–Crippen MR) is 97.1 cm³/mol. The Labute approximate surface area is 153 Å². The lowest BCUT2D eigenvalue weighted by Crippen LogP contribution is -2.40. The molecule has 0 N–H and O–H groups in total. The second-order valence-corrected chi connectivity index (χ2v) is 7.26. The number of hydrogen-bond donors (Lipinski definition) is 0. The zero-order valence-corrected chi connectivity index (χ0v) is 15.7. The fourth-order valence-electron chi connectivity index (χ4n) is 3.50. The van der Waals surface area contributed by atoms with Crippen molar-refractivity contribution in [3.8, 4) is 0 Å². The number of halogens is 1. The minimum Gasteiger partial charge on any atom is -0.342 e. The van der Waals surface area contributed by atoms with Crippen LogP contribution in [0.1, 0.15) is 36.0 Å². The molecule has 1 aromatic carbocycles. The Kier molecular flexibility index (Phi) is 5.66. The van der Waals surface area contributed by atoms with Crippen LogP contribution in [0.5, 0.6) is 0 Å². The second kappa shape index (κ2) is 7.95. The van der Waals surface area contributed by atoms with Gasteiger partial charge in [-0.25, -0.2) is 4.39 Å². The van der Waals surface area contributed by atoms with Crippen molar-refractivity contribution in [1.29, 1.82) is 0 Å². The van der Waals surface area contributed by atoms with Gasteiger partial charge in [0.2, 0.25) is 5.91 Å². The van der Waals surface area contributed by atoms with E-state index in [1.54, 1.807) is 12.1 Å². The van der Waals surface area contributed by atoms with E-state index in [1.807, 2.05) is 30.6 Å². The average molecular weight is 359 g/mol. The molecule has 1 aliphatic rings. The molecule has 1 fully saturated rings. The quantitative estimate of drug-likeness (QED) is 0.819. The normalized spacial score (nSPS) is 17.7. The first-order chi connectivity index (χ1) is 12.4. The molecule has 3 rings (SSSR count). The van der Waals surface area contributed by atoms with Crippen LogP contribution in [0.3, 0.4) is 0 Å². The summed E-state index contributed by atoms with van der Waals surface area (Å²) in [6, 6.07) is 6.25. The summed E-state index contributed by atoms with van der Waals surface area (Å²) < 4.78 is 15.4. The van der Waals surface area contributed by atoms with Gasteiger partial charge in [0.05, 0.1) is 13.0 Å². The lowest BCUT2D eigenvalue weighted by Gasteiger charge is -2.32. The number of likely N-dealkylation sites (tertiary alicyclic amines) is 1. The van der Waals surface area contributed by atoms with E-state index in [2.05, 4.69) is 15.1 Å². The third-order valence-corrected chi connectivity index (χ3v) is 4.84. The molecule has 0 unspecified atom stereocenters. The van der Waals surface area contributed by atoms with Crippen molar-refractivity contribution in [2.24, 2.45) is 7.05 Å². The predicted octanol–water partition coefficient (Wildman–Crippen LogP) is 1.96. The van der Waals surface area contributed by atoms with E-state index >= 15 is 0 Å².